The summed E-state index contributed by atoms with van der Waals surface area (Å²) in [7, 11) is -3.98. The second kappa shape index (κ2) is 8.94. The first kappa shape index (κ1) is 20.6. The molecule has 29 heavy (non-hydrogen) atoms. The van der Waals surface area contributed by atoms with Gasteiger partial charge in [-0.05, 0) is 54.3 Å². The van der Waals surface area contributed by atoms with Crippen molar-refractivity contribution in [3.05, 3.63) is 42.1 Å². The number of aromatic nitrogens is 5. The Morgan fingerprint density at radius 3 is 2.38 bits per heavy atom. The van der Waals surface area contributed by atoms with E-state index in [4.69, 9.17) is 15.0 Å². The van der Waals surface area contributed by atoms with Gasteiger partial charge in [-0.1, -0.05) is 24.3 Å². The molecule has 0 bridgehead atoms. The molecule has 0 amide bonds. The molecular weight excluding hydrogens is 398 g/mol. The zero-order chi connectivity index (χ0) is 20.9. The number of carboxylic acid groups (broad SMARTS) is 1. The van der Waals surface area contributed by atoms with Crippen LogP contribution in [0.2, 0.25) is 0 Å². The Morgan fingerprint density at radius 1 is 1.17 bits per heavy atom. The largest absolute Gasteiger partial charge is 0.483 e. The summed E-state index contributed by atoms with van der Waals surface area (Å²) in [6.07, 6.45) is 3.64. The number of aromatic amines is 1. The molecule has 2 aromatic heterocycles. The van der Waals surface area contributed by atoms with Crippen LogP contribution in [0, 0.1) is 0 Å². The minimum atomic E-state index is -3.98. The van der Waals surface area contributed by atoms with Crippen molar-refractivity contribution in [3.63, 3.8) is 0 Å². The van der Waals surface area contributed by atoms with Gasteiger partial charge in [0.1, 0.15) is 5.69 Å². The van der Waals surface area contributed by atoms with E-state index in [-0.39, 0.29) is 18.0 Å². The fourth-order valence-corrected chi connectivity index (χ4v) is 4.10. The Kier molecular flexibility index (Phi) is 6.36. The fraction of sp³-hybridized carbons (Fsp3) is 0.294. The van der Waals surface area contributed by atoms with E-state index in [0.29, 0.717) is 11.5 Å². The van der Waals surface area contributed by atoms with Crippen molar-refractivity contribution in [2.45, 2.75) is 18.8 Å². The van der Waals surface area contributed by atoms with Crippen LogP contribution in [-0.4, -0.2) is 57.7 Å². The lowest BCUT2D eigenvalue weighted by molar-refractivity contribution is -0.122. The molecule has 0 saturated carbocycles. The molecule has 0 aliphatic carbocycles. The Hall–Kier alpha value is -3.09. The first-order valence-corrected chi connectivity index (χ1v) is 10.3. The highest BCUT2D eigenvalue weighted by Crippen LogP contribution is 2.33. The molecule has 1 aliphatic heterocycles. The van der Waals surface area contributed by atoms with Crippen LogP contribution in [0.5, 0.6) is 0 Å². The van der Waals surface area contributed by atoms with E-state index in [1.165, 1.54) is 11.8 Å². The van der Waals surface area contributed by atoms with Crippen LogP contribution in [0.3, 0.4) is 0 Å². The van der Waals surface area contributed by atoms with Gasteiger partial charge in [-0.25, -0.2) is 9.11 Å². The lowest BCUT2D eigenvalue weighted by Crippen LogP contribution is -2.26. The first-order valence-electron chi connectivity index (χ1n) is 8.83. The number of hydrogen-bond acceptors (Lipinski definition) is 7. The van der Waals surface area contributed by atoms with E-state index in [1.54, 1.807) is 6.07 Å². The third kappa shape index (κ3) is 4.67. The first-order chi connectivity index (χ1) is 14.0. The molecule has 1 aromatic carbocycles. The van der Waals surface area contributed by atoms with Crippen molar-refractivity contribution in [1.82, 2.24) is 29.9 Å². The zero-order valence-electron chi connectivity index (χ0n) is 15.4. The predicted octanol–water partition coefficient (Wildman–Crippen LogP) is 0.555. The molecule has 5 N–H and O–H groups in total. The van der Waals surface area contributed by atoms with E-state index in [2.05, 4.69) is 38.1 Å². The third-order valence-electron chi connectivity index (χ3n) is 4.72. The lowest BCUT2D eigenvalue weighted by Gasteiger charge is -2.23. The summed E-state index contributed by atoms with van der Waals surface area (Å²) < 4.78 is 24.8. The molecule has 0 unspecified atom stereocenters. The highest BCUT2D eigenvalue weighted by atomic mass is 32.2. The number of tetrazole rings is 1. The number of piperidine rings is 1. The SMILES string of the molecule is NS(=O)(=O)n1ccc(-c2ccc(C3CCNCC3)cc2)c1-c1nn[nH]n1.O=CO. The quantitative estimate of drug-likeness (QED) is 0.444. The Labute approximate surface area is 167 Å². The van der Waals surface area contributed by atoms with E-state index in [1.807, 2.05) is 12.1 Å². The minimum Gasteiger partial charge on any atom is -0.483 e. The summed E-state index contributed by atoms with van der Waals surface area (Å²) in [5.74, 6) is 0.720. The van der Waals surface area contributed by atoms with Gasteiger partial charge in [0.25, 0.3) is 6.47 Å². The normalized spacial score (nSPS) is 14.8. The van der Waals surface area contributed by atoms with Gasteiger partial charge in [0.15, 0.2) is 0 Å². The average molecular weight is 419 g/mol. The molecule has 11 nitrogen and oxygen atoms in total. The summed E-state index contributed by atoms with van der Waals surface area (Å²) in [6.45, 7) is 1.82. The van der Waals surface area contributed by atoms with Crippen LogP contribution in [0.4, 0.5) is 0 Å². The van der Waals surface area contributed by atoms with E-state index in [9.17, 15) is 8.42 Å². The zero-order valence-corrected chi connectivity index (χ0v) is 16.2. The monoisotopic (exact) mass is 419 g/mol. The van der Waals surface area contributed by atoms with Crippen molar-refractivity contribution in [2.24, 2.45) is 5.14 Å². The van der Waals surface area contributed by atoms with Crippen LogP contribution in [0.25, 0.3) is 22.6 Å². The van der Waals surface area contributed by atoms with Crippen molar-refractivity contribution < 1.29 is 18.3 Å². The van der Waals surface area contributed by atoms with Crippen molar-refractivity contribution in [3.8, 4) is 22.6 Å². The molecule has 154 valence electrons. The minimum absolute atomic E-state index is 0.168. The van der Waals surface area contributed by atoms with Crippen molar-refractivity contribution >= 4 is 16.7 Å². The fourth-order valence-electron chi connectivity index (χ4n) is 3.43. The Balaban J connectivity index is 0.000000755. The second-order valence-electron chi connectivity index (χ2n) is 6.41. The van der Waals surface area contributed by atoms with Crippen LogP contribution in [-0.2, 0) is 15.0 Å². The maximum absolute atomic E-state index is 11.9. The van der Waals surface area contributed by atoms with Crippen molar-refractivity contribution in [1.29, 1.82) is 0 Å². The summed E-state index contributed by atoms with van der Waals surface area (Å²) in [6, 6.07) is 9.86. The van der Waals surface area contributed by atoms with Gasteiger partial charge >= 0.3 is 10.2 Å². The molecule has 1 fully saturated rings. The molecular formula is C17H21N7O4S. The van der Waals surface area contributed by atoms with Gasteiger partial charge in [-0.3, -0.25) is 4.79 Å². The maximum atomic E-state index is 11.9. The Morgan fingerprint density at radius 2 is 1.83 bits per heavy atom. The van der Waals surface area contributed by atoms with Gasteiger partial charge in [-0.15, -0.1) is 10.2 Å². The smallest absolute Gasteiger partial charge is 0.303 e. The number of H-pyrrole nitrogens is 1. The van der Waals surface area contributed by atoms with Gasteiger partial charge in [0.2, 0.25) is 5.82 Å². The van der Waals surface area contributed by atoms with E-state index in [0.717, 1.165) is 35.5 Å². The molecule has 1 aliphatic rings. The third-order valence-corrected chi connectivity index (χ3v) is 5.57. The van der Waals surface area contributed by atoms with Gasteiger partial charge in [-0.2, -0.15) is 13.6 Å². The van der Waals surface area contributed by atoms with E-state index < -0.39 is 10.2 Å². The average Bonchev–Trinajstić information content (AvgIpc) is 3.38. The van der Waals surface area contributed by atoms with Crippen LogP contribution < -0.4 is 10.5 Å². The summed E-state index contributed by atoms with van der Waals surface area (Å²) in [5, 5.41) is 29.3. The maximum Gasteiger partial charge on any atom is 0.303 e. The van der Waals surface area contributed by atoms with Gasteiger partial charge < -0.3 is 10.4 Å². The number of carbonyl (C=O) groups is 1. The van der Waals surface area contributed by atoms with Crippen LogP contribution in [0.1, 0.15) is 24.3 Å². The number of hydrogen-bond donors (Lipinski definition) is 4. The molecule has 0 spiro atoms. The molecule has 0 atom stereocenters. The molecule has 3 heterocycles. The van der Waals surface area contributed by atoms with Crippen LogP contribution in [0.15, 0.2) is 36.5 Å². The van der Waals surface area contributed by atoms with Crippen molar-refractivity contribution in [2.75, 3.05) is 13.1 Å². The van der Waals surface area contributed by atoms with E-state index >= 15 is 0 Å². The number of benzene rings is 1. The Bertz CT molecular complexity index is 1040. The number of nitrogens with zero attached hydrogens (tertiary/aromatic N) is 4. The van der Waals surface area contributed by atoms with Gasteiger partial charge in [0.05, 0.1) is 0 Å². The predicted molar refractivity (Wildman–Crippen MR) is 105 cm³/mol. The summed E-state index contributed by atoms with van der Waals surface area (Å²) in [4.78, 5) is 8.36. The molecule has 1 saturated heterocycles. The number of rotatable bonds is 4. The number of nitrogens with two attached hydrogens (primary N) is 1. The molecule has 12 heteroatoms. The highest BCUT2D eigenvalue weighted by molar-refractivity contribution is 7.87. The molecule has 0 radical (unpaired) electrons. The topological polar surface area (TPSA) is 169 Å². The standard InChI is InChI=1S/C16H19N7O2S.CH2O2/c17-26(24,25)23-10-7-14(15(23)16-19-21-22-20-16)13-3-1-11(2-4-13)12-5-8-18-9-6-12;2-1-3/h1-4,7,10,12,18H,5-6,8-9H2,(H2,17,24,25)(H,19,20,21,22);1H,(H,2,3). The molecule has 3 aromatic rings. The molecule has 4 rings (SSSR count). The van der Waals surface area contributed by atoms with Crippen LogP contribution >= 0.6 is 0 Å². The van der Waals surface area contributed by atoms with Gasteiger partial charge in [0, 0.05) is 11.8 Å². The highest BCUT2D eigenvalue weighted by Gasteiger charge is 2.22. The summed E-state index contributed by atoms with van der Waals surface area (Å²) >= 11 is 0. The summed E-state index contributed by atoms with van der Waals surface area (Å²) in [5.41, 5.74) is 3.13. The second-order valence-corrected chi connectivity index (χ2v) is 7.83. The number of nitrogens with one attached hydrogen (secondary N) is 2. The lowest BCUT2D eigenvalue weighted by atomic mass is 9.89.